The predicted octanol–water partition coefficient (Wildman–Crippen LogP) is 2.64. The molecule has 0 saturated heterocycles. The Labute approximate surface area is 88.3 Å². The minimum Gasteiger partial charge on any atom is -0.494 e. The minimum atomic E-state index is -0.476. The van der Waals surface area contributed by atoms with Gasteiger partial charge < -0.3 is 4.74 Å². The van der Waals surface area contributed by atoms with Crippen LogP contribution in [0.2, 0.25) is 0 Å². The number of hydrogen-bond acceptors (Lipinski definition) is 3. The molecule has 15 heavy (non-hydrogen) atoms. The maximum Gasteiger partial charge on any atom is 0.235 e. The summed E-state index contributed by atoms with van der Waals surface area (Å²) in [7, 11) is 0. The Bertz CT molecular complexity index is 385. The van der Waals surface area contributed by atoms with E-state index in [0.717, 1.165) is 23.1 Å². The first-order valence-electron chi connectivity index (χ1n) is 4.68. The molecule has 4 nitrogen and oxygen atoms in total. The quantitative estimate of drug-likeness (QED) is 0.563. The fourth-order valence-electron chi connectivity index (χ4n) is 1.23. The van der Waals surface area contributed by atoms with Crippen LogP contribution in [0.3, 0.4) is 0 Å². The first-order valence-corrected chi connectivity index (χ1v) is 4.68. The van der Waals surface area contributed by atoms with E-state index in [1.807, 2.05) is 19.9 Å². The predicted molar refractivity (Wildman–Crippen MR) is 58.4 cm³/mol. The highest BCUT2D eigenvalue weighted by molar-refractivity contribution is 5.54. The molecule has 0 aromatic heterocycles. The second-order valence-electron chi connectivity index (χ2n) is 3.05. The van der Waals surface area contributed by atoms with Gasteiger partial charge in [0.25, 0.3) is 0 Å². The molecule has 80 valence electrons. The fraction of sp³-hybridized carbons (Fsp3) is 0.273. The van der Waals surface area contributed by atoms with Crippen molar-refractivity contribution >= 4 is 6.08 Å². The molecule has 0 aliphatic rings. The van der Waals surface area contributed by atoms with Crippen LogP contribution in [0.5, 0.6) is 5.75 Å². The third-order valence-electron chi connectivity index (χ3n) is 1.93. The number of ether oxygens (including phenoxy) is 1. The zero-order chi connectivity index (χ0) is 11.3. The van der Waals surface area contributed by atoms with Gasteiger partial charge in [0.15, 0.2) is 0 Å². The first-order chi connectivity index (χ1) is 7.13. The molecule has 1 rings (SSSR count). The monoisotopic (exact) mass is 207 g/mol. The minimum absolute atomic E-state index is 0.476. The van der Waals surface area contributed by atoms with Crippen molar-refractivity contribution in [3.8, 4) is 5.75 Å². The van der Waals surface area contributed by atoms with Crippen LogP contribution in [0, 0.1) is 17.0 Å². The molecule has 0 unspecified atom stereocenters. The molecule has 0 atom stereocenters. The lowest BCUT2D eigenvalue weighted by atomic mass is 10.1. The third-order valence-corrected chi connectivity index (χ3v) is 1.93. The third kappa shape index (κ3) is 3.42. The molecule has 0 aliphatic heterocycles. The summed E-state index contributed by atoms with van der Waals surface area (Å²) >= 11 is 0. The van der Waals surface area contributed by atoms with Crippen molar-refractivity contribution in [2.45, 2.75) is 13.8 Å². The molecule has 0 radical (unpaired) electrons. The molecule has 0 heterocycles. The van der Waals surface area contributed by atoms with Crippen LogP contribution in [0.15, 0.2) is 24.4 Å². The summed E-state index contributed by atoms with van der Waals surface area (Å²) in [6.45, 7) is 4.42. The summed E-state index contributed by atoms with van der Waals surface area (Å²) in [5.41, 5.74) is 1.79. The van der Waals surface area contributed by atoms with Crippen LogP contribution in [0.1, 0.15) is 18.1 Å². The summed E-state index contributed by atoms with van der Waals surface area (Å²) in [5.74, 6) is 0.785. The molecule has 0 bridgehead atoms. The second kappa shape index (κ2) is 5.14. The van der Waals surface area contributed by atoms with E-state index in [9.17, 15) is 10.1 Å². The zero-order valence-corrected chi connectivity index (χ0v) is 8.77. The molecule has 1 aromatic carbocycles. The normalized spacial score (nSPS) is 10.5. The lowest BCUT2D eigenvalue weighted by Gasteiger charge is -2.05. The largest absolute Gasteiger partial charge is 0.494 e. The van der Waals surface area contributed by atoms with Gasteiger partial charge in [0.1, 0.15) is 5.75 Å². The molecule has 0 spiro atoms. The van der Waals surface area contributed by atoms with Gasteiger partial charge in [-0.1, -0.05) is 6.07 Å². The van der Waals surface area contributed by atoms with Crippen molar-refractivity contribution in [2.24, 2.45) is 0 Å². The van der Waals surface area contributed by atoms with Crippen LogP contribution < -0.4 is 4.74 Å². The second-order valence-corrected chi connectivity index (χ2v) is 3.05. The molecule has 1 aromatic rings. The zero-order valence-electron chi connectivity index (χ0n) is 8.77. The summed E-state index contributed by atoms with van der Waals surface area (Å²) in [6.07, 6.45) is 2.41. The number of nitro groups is 1. The fourth-order valence-corrected chi connectivity index (χ4v) is 1.23. The average molecular weight is 207 g/mol. The number of hydrogen-bond donors (Lipinski definition) is 0. The van der Waals surface area contributed by atoms with Crippen LogP contribution in [0.25, 0.3) is 6.08 Å². The molecule has 0 fully saturated rings. The average Bonchev–Trinajstić information content (AvgIpc) is 2.17. The maximum absolute atomic E-state index is 10.1. The van der Waals surface area contributed by atoms with Crippen molar-refractivity contribution in [2.75, 3.05) is 6.61 Å². The van der Waals surface area contributed by atoms with Crippen molar-refractivity contribution in [1.29, 1.82) is 0 Å². The summed E-state index contributed by atoms with van der Waals surface area (Å²) in [4.78, 5) is 9.67. The standard InChI is InChI=1S/C11H13NO3/c1-3-15-11-5-4-10(9(2)8-11)6-7-12(13)14/h4-8H,3H2,1-2H3/b7-6+. The van der Waals surface area contributed by atoms with Gasteiger partial charge in [0.2, 0.25) is 6.20 Å². The number of nitrogens with zero attached hydrogens (tertiary/aromatic N) is 1. The van der Waals surface area contributed by atoms with Gasteiger partial charge in [-0.15, -0.1) is 0 Å². The van der Waals surface area contributed by atoms with Gasteiger partial charge in [-0.25, -0.2) is 0 Å². The van der Waals surface area contributed by atoms with Crippen LogP contribution in [0.4, 0.5) is 0 Å². The highest BCUT2D eigenvalue weighted by atomic mass is 16.6. The highest BCUT2D eigenvalue weighted by Gasteiger charge is 1.98. The lowest BCUT2D eigenvalue weighted by molar-refractivity contribution is -0.400. The molecule has 0 amide bonds. The van der Waals surface area contributed by atoms with Crippen molar-refractivity contribution < 1.29 is 9.66 Å². The summed E-state index contributed by atoms with van der Waals surface area (Å²) in [6, 6.07) is 5.47. The number of aryl methyl sites for hydroxylation is 1. The Morgan fingerprint density at radius 3 is 2.80 bits per heavy atom. The molecule has 0 N–H and O–H groups in total. The molecule has 0 saturated carbocycles. The van der Waals surface area contributed by atoms with Gasteiger partial charge in [0, 0.05) is 6.08 Å². The smallest absolute Gasteiger partial charge is 0.235 e. The van der Waals surface area contributed by atoms with Gasteiger partial charge in [-0.2, -0.15) is 0 Å². The number of benzene rings is 1. The molecular weight excluding hydrogens is 194 g/mol. The van der Waals surface area contributed by atoms with Gasteiger partial charge in [-0.3, -0.25) is 10.1 Å². The van der Waals surface area contributed by atoms with Crippen molar-refractivity contribution in [3.05, 3.63) is 45.6 Å². The lowest BCUT2D eigenvalue weighted by Crippen LogP contribution is -1.92. The van der Waals surface area contributed by atoms with Crippen LogP contribution >= 0.6 is 0 Å². The Kier molecular flexibility index (Phi) is 3.85. The molecular formula is C11H13NO3. The first kappa shape index (κ1) is 11.2. The van der Waals surface area contributed by atoms with Gasteiger partial charge in [-0.05, 0) is 37.1 Å². The van der Waals surface area contributed by atoms with Gasteiger partial charge in [0.05, 0.1) is 11.5 Å². The van der Waals surface area contributed by atoms with Crippen LogP contribution in [-0.4, -0.2) is 11.5 Å². The van der Waals surface area contributed by atoms with Gasteiger partial charge >= 0.3 is 0 Å². The summed E-state index contributed by atoms with van der Waals surface area (Å²) < 4.78 is 5.31. The van der Waals surface area contributed by atoms with E-state index >= 15 is 0 Å². The van der Waals surface area contributed by atoms with Crippen molar-refractivity contribution in [1.82, 2.24) is 0 Å². The topological polar surface area (TPSA) is 52.4 Å². The van der Waals surface area contributed by atoms with E-state index in [0.29, 0.717) is 6.61 Å². The Hall–Kier alpha value is -1.84. The molecule has 4 heteroatoms. The van der Waals surface area contributed by atoms with Crippen LogP contribution in [-0.2, 0) is 0 Å². The van der Waals surface area contributed by atoms with E-state index in [1.165, 1.54) is 6.08 Å². The SMILES string of the molecule is CCOc1ccc(/C=C/[N+](=O)[O-])c(C)c1. The Balaban J connectivity index is 2.88. The Morgan fingerprint density at radius 2 is 2.27 bits per heavy atom. The van der Waals surface area contributed by atoms with E-state index in [1.54, 1.807) is 12.1 Å². The highest BCUT2D eigenvalue weighted by Crippen LogP contribution is 2.18. The Morgan fingerprint density at radius 1 is 1.53 bits per heavy atom. The molecule has 0 aliphatic carbocycles. The van der Waals surface area contributed by atoms with E-state index in [4.69, 9.17) is 4.74 Å². The maximum atomic E-state index is 10.1. The summed E-state index contributed by atoms with van der Waals surface area (Å²) in [5, 5.41) is 10.1. The van der Waals surface area contributed by atoms with E-state index < -0.39 is 4.92 Å². The number of rotatable bonds is 4. The van der Waals surface area contributed by atoms with Crippen molar-refractivity contribution in [3.63, 3.8) is 0 Å². The van der Waals surface area contributed by atoms with E-state index in [-0.39, 0.29) is 0 Å². The van der Waals surface area contributed by atoms with E-state index in [2.05, 4.69) is 0 Å².